The monoisotopic (exact) mass is 161 g/mol. The van der Waals surface area contributed by atoms with E-state index in [1.165, 1.54) is 0 Å². The number of nitrogens with two attached hydrogens (primary N) is 2. The van der Waals surface area contributed by atoms with Crippen molar-refractivity contribution in [3.8, 4) is 0 Å². The Balaban J connectivity index is 0.000000281. The number of hydrogen-bond acceptors (Lipinski definition) is 5. The Hall–Kier alpha value is -0.200. The van der Waals surface area contributed by atoms with Gasteiger partial charge in [-0.15, -0.1) is 0 Å². The van der Waals surface area contributed by atoms with E-state index < -0.39 is 0 Å². The number of hydrogen-bond donors (Lipinski definition) is 3. The molecule has 66 valence electrons. The van der Waals surface area contributed by atoms with E-state index in [1.807, 2.05) is 0 Å². The van der Waals surface area contributed by atoms with Crippen molar-refractivity contribution in [2.75, 3.05) is 26.3 Å². The summed E-state index contributed by atoms with van der Waals surface area (Å²) in [7, 11) is 0. The summed E-state index contributed by atoms with van der Waals surface area (Å²) in [6, 6.07) is 0. The summed E-state index contributed by atoms with van der Waals surface area (Å²) in [5, 5.41) is 3.26. The molecule has 0 amide bonds. The van der Waals surface area contributed by atoms with Crippen LogP contribution >= 0.6 is 0 Å². The first kappa shape index (κ1) is 8.89. The SMILES string of the molecule is C(NCC1CO1)C1CO1.NN. The second kappa shape index (κ2) is 4.63. The molecule has 5 heteroatoms. The van der Waals surface area contributed by atoms with Crippen molar-refractivity contribution in [3.63, 3.8) is 0 Å². The van der Waals surface area contributed by atoms with Crippen molar-refractivity contribution in [1.82, 2.24) is 5.32 Å². The average Bonchev–Trinajstić information content (AvgIpc) is 2.86. The van der Waals surface area contributed by atoms with Gasteiger partial charge in [-0.2, -0.15) is 0 Å². The summed E-state index contributed by atoms with van der Waals surface area (Å²) in [6.45, 7) is 3.89. The topological polar surface area (TPSA) is 89.1 Å². The van der Waals surface area contributed by atoms with Gasteiger partial charge in [-0.25, -0.2) is 0 Å². The Morgan fingerprint density at radius 2 is 1.45 bits per heavy atom. The number of ether oxygens (including phenoxy) is 2. The molecular weight excluding hydrogens is 146 g/mol. The van der Waals surface area contributed by atoms with Gasteiger partial charge in [0.15, 0.2) is 0 Å². The van der Waals surface area contributed by atoms with Crippen LogP contribution in [0, 0.1) is 0 Å². The highest BCUT2D eigenvalue weighted by molar-refractivity contribution is 4.76. The normalized spacial score (nSPS) is 32.2. The molecule has 2 unspecified atom stereocenters. The first-order valence-corrected chi connectivity index (χ1v) is 3.72. The molecule has 0 aliphatic carbocycles. The maximum atomic E-state index is 5.01. The predicted octanol–water partition coefficient (Wildman–Crippen LogP) is -1.81. The zero-order valence-corrected chi connectivity index (χ0v) is 6.45. The van der Waals surface area contributed by atoms with Crippen molar-refractivity contribution < 1.29 is 9.47 Å². The molecule has 0 spiro atoms. The van der Waals surface area contributed by atoms with Crippen molar-refractivity contribution >= 4 is 0 Å². The van der Waals surface area contributed by atoms with Crippen LogP contribution in [0.5, 0.6) is 0 Å². The molecule has 2 atom stereocenters. The van der Waals surface area contributed by atoms with E-state index in [-0.39, 0.29) is 0 Å². The highest BCUT2D eigenvalue weighted by Gasteiger charge is 2.25. The molecule has 5 N–H and O–H groups in total. The minimum atomic E-state index is 0.503. The van der Waals surface area contributed by atoms with E-state index in [0.29, 0.717) is 12.2 Å². The summed E-state index contributed by atoms with van der Waals surface area (Å²) in [6.07, 6.45) is 1.01. The molecule has 2 fully saturated rings. The van der Waals surface area contributed by atoms with Crippen molar-refractivity contribution in [1.29, 1.82) is 0 Å². The van der Waals surface area contributed by atoms with Crippen molar-refractivity contribution in [3.05, 3.63) is 0 Å². The predicted molar refractivity (Wildman–Crippen MR) is 40.7 cm³/mol. The third-order valence-corrected chi connectivity index (χ3v) is 1.55. The fourth-order valence-electron chi connectivity index (χ4n) is 0.777. The zero-order valence-electron chi connectivity index (χ0n) is 6.45. The molecule has 0 radical (unpaired) electrons. The standard InChI is InChI=1S/C6H11NO2.H4N2/c1(5-3-8-5)7-2-6-4-9-6;1-2/h5-7H,1-4H2;1-2H2. The lowest BCUT2D eigenvalue weighted by Gasteiger charge is -1.95. The van der Waals surface area contributed by atoms with Crippen molar-refractivity contribution in [2.45, 2.75) is 12.2 Å². The van der Waals surface area contributed by atoms with Crippen LogP contribution in [0.25, 0.3) is 0 Å². The molecule has 0 aromatic heterocycles. The van der Waals surface area contributed by atoms with Crippen LogP contribution in [0.4, 0.5) is 0 Å². The molecule has 0 saturated carbocycles. The molecular formula is C6H15N3O2. The molecule has 2 rings (SSSR count). The van der Waals surface area contributed by atoms with Crippen LogP contribution in [-0.4, -0.2) is 38.5 Å². The van der Waals surface area contributed by atoms with Gasteiger partial charge in [-0.3, -0.25) is 11.7 Å². The van der Waals surface area contributed by atoms with E-state index >= 15 is 0 Å². The molecule has 2 saturated heterocycles. The molecule has 5 nitrogen and oxygen atoms in total. The summed E-state index contributed by atoms with van der Waals surface area (Å²) in [5.41, 5.74) is 0. The van der Waals surface area contributed by atoms with E-state index in [4.69, 9.17) is 9.47 Å². The van der Waals surface area contributed by atoms with Gasteiger partial charge >= 0.3 is 0 Å². The van der Waals surface area contributed by atoms with Crippen LogP contribution in [0.15, 0.2) is 0 Å². The fraction of sp³-hybridized carbons (Fsp3) is 1.00. The highest BCUT2D eigenvalue weighted by Crippen LogP contribution is 2.09. The molecule has 2 aliphatic rings. The van der Waals surface area contributed by atoms with Crippen LogP contribution < -0.4 is 17.0 Å². The summed E-state index contributed by atoms with van der Waals surface area (Å²) in [5.74, 6) is 8.00. The minimum absolute atomic E-state index is 0.503. The van der Waals surface area contributed by atoms with Crippen LogP contribution in [0.1, 0.15) is 0 Å². The molecule has 0 bridgehead atoms. The summed E-state index contributed by atoms with van der Waals surface area (Å²) < 4.78 is 10.0. The third-order valence-electron chi connectivity index (χ3n) is 1.55. The number of epoxide rings is 2. The average molecular weight is 161 g/mol. The second-order valence-corrected chi connectivity index (χ2v) is 2.57. The molecule has 0 aromatic carbocycles. The largest absolute Gasteiger partial charge is 0.372 e. The van der Waals surface area contributed by atoms with Gasteiger partial charge in [0.2, 0.25) is 0 Å². The lowest BCUT2D eigenvalue weighted by molar-refractivity contribution is 0.373. The Labute approximate surface area is 66.0 Å². The van der Waals surface area contributed by atoms with E-state index in [9.17, 15) is 0 Å². The van der Waals surface area contributed by atoms with Gasteiger partial charge in [-0.1, -0.05) is 0 Å². The van der Waals surface area contributed by atoms with Gasteiger partial charge < -0.3 is 14.8 Å². The van der Waals surface area contributed by atoms with Gasteiger partial charge in [0.25, 0.3) is 0 Å². The summed E-state index contributed by atoms with van der Waals surface area (Å²) >= 11 is 0. The van der Waals surface area contributed by atoms with Crippen LogP contribution in [0.2, 0.25) is 0 Å². The molecule has 2 heterocycles. The lowest BCUT2D eigenvalue weighted by Crippen LogP contribution is -2.24. The van der Waals surface area contributed by atoms with E-state index in [2.05, 4.69) is 17.0 Å². The number of nitrogens with one attached hydrogen (secondary N) is 1. The van der Waals surface area contributed by atoms with Crippen molar-refractivity contribution in [2.24, 2.45) is 11.7 Å². The van der Waals surface area contributed by atoms with Crippen LogP contribution in [0.3, 0.4) is 0 Å². The maximum Gasteiger partial charge on any atom is 0.0933 e. The van der Waals surface area contributed by atoms with Gasteiger partial charge in [0.1, 0.15) is 0 Å². The quantitative estimate of drug-likeness (QED) is 0.257. The Morgan fingerprint density at radius 1 is 1.09 bits per heavy atom. The van der Waals surface area contributed by atoms with Gasteiger partial charge in [0, 0.05) is 13.1 Å². The third kappa shape index (κ3) is 4.28. The lowest BCUT2D eigenvalue weighted by atomic mass is 10.4. The number of hydrazine groups is 1. The molecule has 2 aliphatic heterocycles. The maximum absolute atomic E-state index is 5.01. The first-order valence-electron chi connectivity index (χ1n) is 3.72. The Bertz CT molecular complexity index is 92.0. The smallest absolute Gasteiger partial charge is 0.0933 e. The summed E-state index contributed by atoms with van der Waals surface area (Å²) in [4.78, 5) is 0. The second-order valence-electron chi connectivity index (χ2n) is 2.57. The molecule has 0 aromatic rings. The van der Waals surface area contributed by atoms with Crippen LogP contribution in [-0.2, 0) is 9.47 Å². The fourth-order valence-corrected chi connectivity index (χ4v) is 0.777. The Morgan fingerprint density at radius 3 is 1.73 bits per heavy atom. The minimum Gasteiger partial charge on any atom is -0.372 e. The van der Waals surface area contributed by atoms with E-state index in [1.54, 1.807) is 0 Å². The van der Waals surface area contributed by atoms with Gasteiger partial charge in [-0.05, 0) is 0 Å². The number of rotatable bonds is 4. The first-order chi connectivity index (χ1) is 5.45. The zero-order chi connectivity index (χ0) is 8.10. The highest BCUT2D eigenvalue weighted by atomic mass is 16.6. The molecule has 11 heavy (non-hydrogen) atoms. The van der Waals surface area contributed by atoms with Gasteiger partial charge in [0.05, 0.1) is 25.4 Å². The van der Waals surface area contributed by atoms with E-state index in [0.717, 1.165) is 26.3 Å². The Kier molecular flexibility index (Phi) is 3.74.